The number of hydrogen-bond donors (Lipinski definition) is 1. The lowest BCUT2D eigenvalue weighted by Crippen LogP contribution is -1.81. The third-order valence-corrected chi connectivity index (χ3v) is 3.52. The summed E-state index contributed by atoms with van der Waals surface area (Å²) in [6, 6.07) is 19.7. The third-order valence-electron chi connectivity index (χ3n) is 2.99. The Hall–Kier alpha value is -2.38. The molecule has 0 saturated carbocycles. The van der Waals surface area contributed by atoms with Crippen LogP contribution in [0.25, 0.3) is 22.6 Å². The van der Waals surface area contributed by atoms with E-state index in [9.17, 15) is 5.26 Å². The van der Waals surface area contributed by atoms with Gasteiger partial charge in [-0.1, -0.05) is 58.4 Å². The van der Waals surface area contributed by atoms with Gasteiger partial charge in [0, 0.05) is 15.6 Å². The van der Waals surface area contributed by atoms with E-state index in [4.69, 9.17) is 0 Å². The van der Waals surface area contributed by atoms with E-state index in [0.717, 1.165) is 21.3 Å². The Bertz CT molecular complexity index is 768. The summed E-state index contributed by atoms with van der Waals surface area (Å²) in [6.45, 7) is 0. The molecule has 20 heavy (non-hydrogen) atoms. The summed E-state index contributed by atoms with van der Waals surface area (Å²) in [6.07, 6.45) is 0. The van der Waals surface area contributed by atoms with E-state index < -0.39 is 0 Å². The predicted molar refractivity (Wildman–Crippen MR) is 81.9 cm³/mol. The second-order valence-corrected chi connectivity index (χ2v) is 5.21. The Morgan fingerprint density at radius 2 is 1.65 bits per heavy atom. The molecule has 0 aliphatic rings. The fourth-order valence-electron chi connectivity index (χ4n) is 2.01. The highest BCUT2D eigenvalue weighted by molar-refractivity contribution is 9.10. The van der Waals surface area contributed by atoms with E-state index in [2.05, 4.69) is 32.0 Å². The Labute approximate surface area is 125 Å². The molecule has 0 radical (unpaired) electrons. The summed E-state index contributed by atoms with van der Waals surface area (Å²) >= 11 is 3.40. The molecule has 0 aliphatic carbocycles. The number of hydrogen-bond acceptors (Lipinski definition) is 2. The van der Waals surface area contributed by atoms with Crippen molar-refractivity contribution >= 4 is 15.9 Å². The minimum Gasteiger partial charge on any atom is -0.337 e. The molecule has 0 bridgehead atoms. The Kier molecular flexibility index (Phi) is 3.36. The number of nitrogens with one attached hydrogen (secondary N) is 1. The normalized spacial score (nSPS) is 10.2. The highest BCUT2D eigenvalue weighted by atomic mass is 79.9. The zero-order valence-electron chi connectivity index (χ0n) is 10.5. The molecule has 1 N–H and O–H groups in total. The summed E-state index contributed by atoms with van der Waals surface area (Å²) in [5.41, 5.74) is 3.07. The molecule has 3 rings (SSSR count). The van der Waals surface area contributed by atoms with Gasteiger partial charge in [0.2, 0.25) is 0 Å². The van der Waals surface area contributed by atoms with Gasteiger partial charge < -0.3 is 4.98 Å². The van der Waals surface area contributed by atoms with E-state index in [1.165, 1.54) is 0 Å². The number of rotatable bonds is 2. The quantitative estimate of drug-likeness (QED) is 0.760. The molecule has 3 nitrogen and oxygen atoms in total. The first-order valence-corrected chi connectivity index (χ1v) is 6.88. The van der Waals surface area contributed by atoms with Gasteiger partial charge in [-0.05, 0) is 12.1 Å². The second kappa shape index (κ2) is 5.32. The van der Waals surface area contributed by atoms with Gasteiger partial charge in [-0.3, -0.25) is 0 Å². The van der Waals surface area contributed by atoms with Crippen molar-refractivity contribution in [2.24, 2.45) is 0 Å². The zero-order chi connectivity index (χ0) is 13.9. The summed E-state index contributed by atoms with van der Waals surface area (Å²) in [5.74, 6) is 0.708. The van der Waals surface area contributed by atoms with Crippen molar-refractivity contribution < 1.29 is 0 Å². The molecule has 0 aliphatic heterocycles. The first kappa shape index (κ1) is 12.6. The lowest BCUT2D eigenvalue weighted by Gasteiger charge is -1.99. The van der Waals surface area contributed by atoms with Crippen LogP contribution in [0.1, 0.15) is 5.69 Å². The molecule has 0 saturated heterocycles. The van der Waals surface area contributed by atoms with E-state index in [0.29, 0.717) is 11.5 Å². The number of benzene rings is 2. The van der Waals surface area contributed by atoms with Crippen LogP contribution in [0.5, 0.6) is 0 Å². The average molecular weight is 324 g/mol. The van der Waals surface area contributed by atoms with Crippen molar-refractivity contribution in [3.8, 4) is 28.7 Å². The first-order chi connectivity index (χ1) is 9.78. The molecule has 4 heteroatoms. The molecule has 0 fully saturated rings. The smallest absolute Gasteiger partial charge is 0.166 e. The Morgan fingerprint density at radius 1 is 0.950 bits per heavy atom. The van der Waals surface area contributed by atoms with E-state index in [1.807, 2.05) is 54.6 Å². The zero-order valence-corrected chi connectivity index (χ0v) is 12.1. The van der Waals surface area contributed by atoms with Gasteiger partial charge in [0.1, 0.15) is 11.9 Å². The fraction of sp³-hybridized carbons (Fsp3) is 0. The molecule has 0 spiro atoms. The van der Waals surface area contributed by atoms with Gasteiger partial charge in [-0.2, -0.15) is 5.26 Å². The monoisotopic (exact) mass is 323 g/mol. The predicted octanol–water partition coefficient (Wildman–Crippen LogP) is 4.38. The molecule has 3 aromatic rings. The Morgan fingerprint density at radius 3 is 2.30 bits per heavy atom. The summed E-state index contributed by atoms with van der Waals surface area (Å²) in [7, 11) is 0. The van der Waals surface area contributed by atoms with Crippen molar-refractivity contribution in [2.45, 2.75) is 0 Å². The summed E-state index contributed by atoms with van der Waals surface area (Å²) in [4.78, 5) is 7.61. The minimum atomic E-state index is 0.408. The number of nitriles is 1. The lowest BCUT2D eigenvalue weighted by molar-refractivity contribution is 1.29. The number of halogens is 1. The van der Waals surface area contributed by atoms with Crippen LogP contribution in [0.2, 0.25) is 0 Å². The van der Waals surface area contributed by atoms with Gasteiger partial charge in [-0.25, -0.2) is 4.98 Å². The number of imidazole rings is 1. The van der Waals surface area contributed by atoms with Crippen LogP contribution >= 0.6 is 15.9 Å². The SMILES string of the molecule is N#Cc1nc(-c2ccccc2)[nH]c1-c1ccc(Br)cc1. The summed E-state index contributed by atoms with van der Waals surface area (Å²) < 4.78 is 1.00. The van der Waals surface area contributed by atoms with Crippen molar-refractivity contribution in [1.29, 1.82) is 5.26 Å². The van der Waals surface area contributed by atoms with Crippen LogP contribution in [-0.4, -0.2) is 9.97 Å². The highest BCUT2D eigenvalue weighted by Crippen LogP contribution is 2.26. The van der Waals surface area contributed by atoms with Crippen LogP contribution in [0, 0.1) is 11.3 Å². The molecule has 0 amide bonds. The lowest BCUT2D eigenvalue weighted by atomic mass is 10.1. The van der Waals surface area contributed by atoms with Gasteiger partial charge in [0.15, 0.2) is 5.69 Å². The number of aromatic nitrogens is 2. The molecule has 1 aromatic heterocycles. The van der Waals surface area contributed by atoms with Crippen LogP contribution in [-0.2, 0) is 0 Å². The maximum atomic E-state index is 9.25. The second-order valence-electron chi connectivity index (χ2n) is 4.29. The van der Waals surface area contributed by atoms with Crippen molar-refractivity contribution in [3.05, 3.63) is 64.8 Å². The molecule has 96 valence electrons. The minimum absolute atomic E-state index is 0.408. The maximum absolute atomic E-state index is 9.25. The molecular formula is C16H10BrN3. The van der Waals surface area contributed by atoms with Crippen molar-refractivity contribution in [2.75, 3.05) is 0 Å². The largest absolute Gasteiger partial charge is 0.337 e. The van der Waals surface area contributed by atoms with Gasteiger partial charge >= 0.3 is 0 Å². The topological polar surface area (TPSA) is 52.5 Å². The molecule has 0 atom stereocenters. The van der Waals surface area contributed by atoms with E-state index in [1.54, 1.807) is 0 Å². The highest BCUT2D eigenvalue weighted by Gasteiger charge is 2.12. The number of H-pyrrole nitrogens is 1. The molecule has 2 aromatic carbocycles. The summed E-state index contributed by atoms with van der Waals surface area (Å²) in [5, 5.41) is 9.25. The fourth-order valence-corrected chi connectivity index (χ4v) is 2.28. The molecule has 1 heterocycles. The maximum Gasteiger partial charge on any atom is 0.166 e. The van der Waals surface area contributed by atoms with Gasteiger partial charge in [0.25, 0.3) is 0 Å². The van der Waals surface area contributed by atoms with E-state index >= 15 is 0 Å². The first-order valence-electron chi connectivity index (χ1n) is 6.09. The standard InChI is InChI=1S/C16H10BrN3/c17-13-8-6-11(7-9-13)15-14(10-18)19-16(20-15)12-4-2-1-3-5-12/h1-9H,(H,19,20). The van der Waals surface area contributed by atoms with Gasteiger partial charge in [0.05, 0.1) is 5.69 Å². The van der Waals surface area contributed by atoms with Crippen LogP contribution in [0.15, 0.2) is 59.1 Å². The average Bonchev–Trinajstić information content (AvgIpc) is 2.93. The third kappa shape index (κ3) is 2.36. The molecular weight excluding hydrogens is 314 g/mol. The number of nitrogens with zero attached hydrogens (tertiary/aromatic N) is 2. The van der Waals surface area contributed by atoms with Crippen LogP contribution in [0.4, 0.5) is 0 Å². The van der Waals surface area contributed by atoms with Gasteiger partial charge in [-0.15, -0.1) is 0 Å². The van der Waals surface area contributed by atoms with Crippen molar-refractivity contribution in [3.63, 3.8) is 0 Å². The van der Waals surface area contributed by atoms with Crippen molar-refractivity contribution in [1.82, 2.24) is 9.97 Å². The Balaban J connectivity index is 2.11. The molecule has 0 unspecified atom stereocenters. The van der Waals surface area contributed by atoms with E-state index in [-0.39, 0.29) is 0 Å². The van der Waals surface area contributed by atoms with Crippen LogP contribution in [0.3, 0.4) is 0 Å². The number of aromatic amines is 1. The van der Waals surface area contributed by atoms with Crippen LogP contribution < -0.4 is 0 Å².